The van der Waals surface area contributed by atoms with Gasteiger partial charge in [-0.1, -0.05) is 53.8 Å². The summed E-state index contributed by atoms with van der Waals surface area (Å²) < 4.78 is 7.78. The molecule has 1 aliphatic rings. The lowest BCUT2D eigenvalue weighted by atomic mass is 9.96. The van der Waals surface area contributed by atoms with Crippen LogP contribution in [-0.2, 0) is 22.5 Å². The minimum atomic E-state index is -0.291. The molecule has 0 atom stereocenters. The van der Waals surface area contributed by atoms with Gasteiger partial charge in [-0.05, 0) is 18.9 Å². The van der Waals surface area contributed by atoms with E-state index in [0.717, 1.165) is 15.2 Å². The van der Waals surface area contributed by atoms with Crippen molar-refractivity contribution in [2.24, 2.45) is 4.99 Å². The van der Waals surface area contributed by atoms with Crippen LogP contribution in [0.3, 0.4) is 0 Å². The molecule has 1 heterocycles. The number of ether oxygens (including phenoxy) is 1. The van der Waals surface area contributed by atoms with Crippen LogP contribution in [0.2, 0.25) is 10.0 Å². The lowest BCUT2D eigenvalue weighted by Gasteiger charge is -2.16. The first-order valence-electron chi connectivity index (χ1n) is 8.47. The van der Waals surface area contributed by atoms with Crippen molar-refractivity contribution < 1.29 is 14.1 Å². The third kappa shape index (κ3) is 4.52. The topological polar surface area (TPSA) is 42.5 Å². The van der Waals surface area contributed by atoms with Crippen LogP contribution in [0.1, 0.15) is 37.1 Å². The Kier molecular flexibility index (Phi) is 6.31. The summed E-state index contributed by atoms with van der Waals surface area (Å²) in [7, 11) is 1.39. The predicted octanol–water partition coefficient (Wildman–Crippen LogP) is 4.61. The van der Waals surface area contributed by atoms with Gasteiger partial charge < -0.3 is 4.74 Å². The number of halogens is 2. The molecule has 0 radical (unpaired) electrons. The van der Waals surface area contributed by atoms with Crippen molar-refractivity contribution in [3.8, 4) is 0 Å². The SMILES string of the molecule is COC(=O)C[n+]1c(CC=NC2CCCCC2)sc2cc(Cl)c(Cl)cc21. The fourth-order valence-corrected chi connectivity index (χ4v) is 4.68. The van der Waals surface area contributed by atoms with Crippen molar-refractivity contribution in [3.05, 3.63) is 27.2 Å². The van der Waals surface area contributed by atoms with Gasteiger partial charge in [0.15, 0.2) is 0 Å². The van der Waals surface area contributed by atoms with Crippen LogP contribution in [0, 0.1) is 0 Å². The van der Waals surface area contributed by atoms with Gasteiger partial charge in [0, 0.05) is 18.3 Å². The number of hydrogen-bond acceptors (Lipinski definition) is 4. The van der Waals surface area contributed by atoms with Gasteiger partial charge in [0.25, 0.3) is 0 Å². The zero-order chi connectivity index (χ0) is 17.8. The van der Waals surface area contributed by atoms with E-state index in [1.807, 2.05) is 16.8 Å². The van der Waals surface area contributed by atoms with Crippen LogP contribution >= 0.6 is 34.5 Å². The van der Waals surface area contributed by atoms with Crippen molar-refractivity contribution in [2.75, 3.05) is 7.11 Å². The maximum Gasteiger partial charge on any atom is 0.372 e. The first kappa shape index (κ1) is 18.6. The van der Waals surface area contributed by atoms with Crippen LogP contribution in [-0.4, -0.2) is 25.3 Å². The highest BCUT2D eigenvalue weighted by Gasteiger charge is 2.24. The van der Waals surface area contributed by atoms with Crippen molar-refractivity contribution >= 4 is 56.9 Å². The Morgan fingerprint density at radius 3 is 2.76 bits per heavy atom. The molecular formula is C18H21Cl2N2O2S+. The number of thiazole rings is 1. The molecule has 0 spiro atoms. The summed E-state index contributed by atoms with van der Waals surface area (Å²) in [5.74, 6) is -0.291. The number of rotatable bonds is 5. The summed E-state index contributed by atoms with van der Waals surface area (Å²) >= 11 is 13.9. The van der Waals surface area contributed by atoms with Gasteiger partial charge in [-0.3, -0.25) is 4.99 Å². The van der Waals surface area contributed by atoms with Gasteiger partial charge in [0.05, 0.1) is 23.6 Å². The number of aromatic nitrogens is 1. The molecular weight excluding hydrogens is 379 g/mol. The standard InChI is InChI=1S/C18H21Cl2N2O2S/c1-24-18(23)11-22-15-9-13(19)14(20)10-16(15)25-17(22)7-8-21-12-5-3-2-4-6-12/h8-10,12H,2-7,11H2,1H3/q+1. The Morgan fingerprint density at radius 2 is 2.04 bits per heavy atom. The third-order valence-electron chi connectivity index (χ3n) is 4.49. The van der Waals surface area contributed by atoms with E-state index in [-0.39, 0.29) is 12.5 Å². The minimum Gasteiger partial charge on any atom is -0.464 e. The monoisotopic (exact) mass is 399 g/mol. The van der Waals surface area contributed by atoms with Gasteiger partial charge in [-0.2, -0.15) is 4.57 Å². The van der Waals surface area contributed by atoms with Crippen LogP contribution < -0.4 is 4.57 Å². The lowest BCUT2D eigenvalue weighted by molar-refractivity contribution is -0.662. The van der Waals surface area contributed by atoms with Crippen molar-refractivity contribution in [1.29, 1.82) is 0 Å². The zero-order valence-electron chi connectivity index (χ0n) is 14.1. The molecule has 25 heavy (non-hydrogen) atoms. The number of methoxy groups -OCH3 is 1. The lowest BCUT2D eigenvalue weighted by Crippen LogP contribution is -2.40. The Balaban J connectivity index is 1.88. The second kappa shape index (κ2) is 8.47. The molecule has 3 rings (SSSR count). The Hall–Kier alpha value is -1.17. The van der Waals surface area contributed by atoms with E-state index in [4.69, 9.17) is 32.9 Å². The molecule has 2 aromatic rings. The van der Waals surface area contributed by atoms with E-state index in [1.54, 1.807) is 17.4 Å². The second-order valence-electron chi connectivity index (χ2n) is 6.22. The first-order valence-corrected chi connectivity index (χ1v) is 10.0. The van der Waals surface area contributed by atoms with E-state index in [1.165, 1.54) is 39.2 Å². The summed E-state index contributed by atoms with van der Waals surface area (Å²) in [4.78, 5) is 16.5. The highest BCUT2D eigenvalue weighted by atomic mass is 35.5. The summed E-state index contributed by atoms with van der Waals surface area (Å²) in [6.45, 7) is 0.154. The maximum absolute atomic E-state index is 11.8. The average molecular weight is 400 g/mol. The van der Waals surface area contributed by atoms with Crippen LogP contribution in [0.4, 0.5) is 0 Å². The van der Waals surface area contributed by atoms with Gasteiger partial charge in [0.2, 0.25) is 17.1 Å². The molecule has 1 aromatic heterocycles. The number of esters is 1. The van der Waals surface area contributed by atoms with Gasteiger partial charge in [0.1, 0.15) is 4.70 Å². The molecule has 1 aliphatic carbocycles. The number of carbonyl (C=O) groups excluding carboxylic acids is 1. The summed E-state index contributed by atoms with van der Waals surface area (Å²) in [5.41, 5.74) is 0.894. The van der Waals surface area contributed by atoms with Gasteiger partial charge in [-0.15, -0.1) is 0 Å². The number of fused-ring (bicyclic) bond motifs is 1. The Bertz CT molecular complexity index is 798. The van der Waals surface area contributed by atoms with Gasteiger partial charge in [-0.25, -0.2) is 4.79 Å². The van der Waals surface area contributed by atoms with E-state index in [0.29, 0.717) is 22.5 Å². The van der Waals surface area contributed by atoms with E-state index >= 15 is 0 Å². The first-order chi connectivity index (χ1) is 12.1. The van der Waals surface area contributed by atoms with E-state index < -0.39 is 0 Å². The molecule has 134 valence electrons. The second-order valence-corrected chi connectivity index (χ2v) is 8.15. The number of nitrogens with zero attached hydrogens (tertiary/aromatic N) is 2. The third-order valence-corrected chi connectivity index (χ3v) is 6.38. The Labute approximate surface area is 161 Å². The summed E-state index contributed by atoms with van der Waals surface area (Å²) in [6.07, 6.45) is 8.88. The van der Waals surface area contributed by atoms with Crippen LogP contribution in [0.15, 0.2) is 17.1 Å². The molecule has 1 saturated carbocycles. The molecule has 0 amide bonds. The maximum atomic E-state index is 11.8. The van der Waals surface area contributed by atoms with Crippen molar-refractivity contribution in [2.45, 2.75) is 51.1 Å². The minimum absolute atomic E-state index is 0.154. The highest BCUT2D eigenvalue weighted by Crippen LogP contribution is 2.30. The molecule has 0 unspecified atom stereocenters. The largest absolute Gasteiger partial charge is 0.464 e. The molecule has 1 fully saturated rings. The van der Waals surface area contributed by atoms with Gasteiger partial charge >= 0.3 is 5.97 Å². The molecule has 0 aliphatic heterocycles. The van der Waals surface area contributed by atoms with Crippen molar-refractivity contribution in [3.63, 3.8) is 0 Å². The fourth-order valence-electron chi connectivity index (χ4n) is 3.16. The average Bonchev–Trinajstić information content (AvgIpc) is 2.93. The summed E-state index contributed by atoms with van der Waals surface area (Å²) in [5, 5.41) is 2.04. The molecule has 0 N–H and O–H groups in total. The predicted molar refractivity (Wildman–Crippen MR) is 103 cm³/mol. The number of benzene rings is 1. The molecule has 1 aromatic carbocycles. The fraction of sp³-hybridized carbons (Fsp3) is 0.500. The molecule has 0 bridgehead atoms. The number of aliphatic imine (C=N–C) groups is 1. The van der Waals surface area contributed by atoms with Crippen molar-refractivity contribution in [1.82, 2.24) is 0 Å². The summed E-state index contributed by atoms with van der Waals surface area (Å²) in [6, 6.07) is 4.10. The normalized spacial score (nSPS) is 16.0. The molecule has 7 heteroatoms. The van der Waals surface area contributed by atoms with Crippen LogP contribution in [0.5, 0.6) is 0 Å². The quantitative estimate of drug-likeness (QED) is 0.418. The van der Waals surface area contributed by atoms with Crippen LogP contribution in [0.25, 0.3) is 10.2 Å². The number of hydrogen-bond donors (Lipinski definition) is 0. The zero-order valence-corrected chi connectivity index (χ0v) is 16.5. The molecule has 0 saturated heterocycles. The van der Waals surface area contributed by atoms with E-state index in [2.05, 4.69) is 0 Å². The Morgan fingerprint density at radius 1 is 1.32 bits per heavy atom. The highest BCUT2D eigenvalue weighted by molar-refractivity contribution is 7.18. The smallest absolute Gasteiger partial charge is 0.372 e. The molecule has 4 nitrogen and oxygen atoms in total. The van der Waals surface area contributed by atoms with E-state index in [9.17, 15) is 4.79 Å². The number of carbonyl (C=O) groups is 1.